The summed E-state index contributed by atoms with van der Waals surface area (Å²) >= 11 is 5.77. The van der Waals surface area contributed by atoms with Gasteiger partial charge in [-0.25, -0.2) is 9.37 Å². The van der Waals surface area contributed by atoms with Gasteiger partial charge < -0.3 is 5.32 Å². The molecule has 0 aliphatic rings. The number of aromatic nitrogens is 1. The van der Waals surface area contributed by atoms with Crippen LogP contribution in [0.4, 0.5) is 15.8 Å². The molecule has 0 aliphatic heterocycles. The first kappa shape index (κ1) is 11.4. The molecule has 0 saturated heterocycles. The molecule has 5 heteroatoms. The highest BCUT2D eigenvalue weighted by molar-refractivity contribution is 6.30. The van der Waals surface area contributed by atoms with Gasteiger partial charge in [-0.1, -0.05) is 11.6 Å². The number of benzene rings is 1. The highest BCUT2D eigenvalue weighted by Gasteiger charge is 2.03. The van der Waals surface area contributed by atoms with E-state index in [9.17, 15) is 4.39 Å². The van der Waals surface area contributed by atoms with Crippen LogP contribution in [0.1, 0.15) is 5.69 Å². The van der Waals surface area contributed by atoms with Gasteiger partial charge in [-0.2, -0.15) is 5.26 Å². The van der Waals surface area contributed by atoms with E-state index in [2.05, 4.69) is 10.3 Å². The first-order chi connectivity index (χ1) is 8.19. The van der Waals surface area contributed by atoms with E-state index in [1.807, 2.05) is 6.07 Å². The van der Waals surface area contributed by atoms with Gasteiger partial charge in [-0.3, -0.25) is 0 Å². The molecule has 2 rings (SSSR count). The van der Waals surface area contributed by atoms with Gasteiger partial charge in [-0.15, -0.1) is 0 Å². The largest absolute Gasteiger partial charge is 0.352 e. The van der Waals surface area contributed by atoms with Crippen molar-refractivity contribution in [2.75, 3.05) is 5.32 Å². The highest BCUT2D eigenvalue weighted by Crippen LogP contribution is 2.23. The number of nitrogens with one attached hydrogen (secondary N) is 1. The van der Waals surface area contributed by atoms with Crippen molar-refractivity contribution >= 4 is 23.0 Å². The first-order valence-electron chi connectivity index (χ1n) is 4.77. The lowest BCUT2D eigenvalue weighted by molar-refractivity contribution is 0.632. The quantitative estimate of drug-likeness (QED) is 0.884. The molecule has 0 saturated carbocycles. The average molecular weight is 248 g/mol. The minimum Gasteiger partial charge on any atom is -0.352 e. The van der Waals surface area contributed by atoms with Crippen LogP contribution in [-0.2, 0) is 0 Å². The third kappa shape index (κ3) is 2.71. The number of rotatable bonds is 2. The molecule has 1 heterocycles. The van der Waals surface area contributed by atoms with Crippen LogP contribution in [0, 0.1) is 17.1 Å². The van der Waals surface area contributed by atoms with Crippen molar-refractivity contribution in [3.05, 3.63) is 53.1 Å². The van der Waals surface area contributed by atoms with Gasteiger partial charge in [0.15, 0.2) is 0 Å². The molecule has 0 atom stereocenters. The van der Waals surface area contributed by atoms with E-state index in [-0.39, 0.29) is 5.69 Å². The van der Waals surface area contributed by atoms with Gasteiger partial charge in [0.25, 0.3) is 0 Å². The van der Waals surface area contributed by atoms with Gasteiger partial charge >= 0.3 is 0 Å². The summed E-state index contributed by atoms with van der Waals surface area (Å²) in [4.78, 5) is 3.87. The Morgan fingerprint density at radius 2 is 2.12 bits per heavy atom. The van der Waals surface area contributed by atoms with Gasteiger partial charge in [0.2, 0.25) is 0 Å². The maximum atomic E-state index is 13.4. The predicted octanol–water partition coefficient (Wildman–Crippen LogP) is 3.49. The van der Waals surface area contributed by atoms with Crippen molar-refractivity contribution in [3.8, 4) is 6.07 Å². The number of halogens is 2. The van der Waals surface area contributed by atoms with Crippen LogP contribution in [0.3, 0.4) is 0 Å². The lowest BCUT2D eigenvalue weighted by Gasteiger charge is -2.07. The molecule has 3 nitrogen and oxygen atoms in total. The van der Waals surface area contributed by atoms with Crippen molar-refractivity contribution in [2.45, 2.75) is 0 Å². The fourth-order valence-corrected chi connectivity index (χ4v) is 1.45. The predicted molar refractivity (Wildman–Crippen MR) is 63.6 cm³/mol. The third-order valence-corrected chi connectivity index (χ3v) is 2.32. The Hall–Kier alpha value is -2.12. The van der Waals surface area contributed by atoms with E-state index >= 15 is 0 Å². The van der Waals surface area contributed by atoms with Crippen molar-refractivity contribution in [2.24, 2.45) is 0 Å². The summed E-state index contributed by atoms with van der Waals surface area (Å²) in [7, 11) is 0. The summed E-state index contributed by atoms with van der Waals surface area (Å²) in [5, 5.41) is 11.9. The molecular formula is C12H7ClFN3. The fourth-order valence-electron chi connectivity index (χ4n) is 1.28. The zero-order valence-corrected chi connectivity index (χ0v) is 9.37. The minimum absolute atomic E-state index is 0.268. The first-order valence-corrected chi connectivity index (χ1v) is 5.15. The molecule has 0 aliphatic carbocycles. The molecule has 84 valence electrons. The van der Waals surface area contributed by atoms with E-state index in [1.54, 1.807) is 12.1 Å². The second-order valence-corrected chi connectivity index (χ2v) is 3.73. The minimum atomic E-state index is -0.404. The summed E-state index contributed by atoms with van der Waals surface area (Å²) in [6, 6.07) is 9.33. The van der Waals surface area contributed by atoms with Crippen LogP contribution in [0.2, 0.25) is 5.02 Å². The van der Waals surface area contributed by atoms with Crippen LogP contribution in [0.25, 0.3) is 0 Å². The zero-order valence-electron chi connectivity index (χ0n) is 8.61. The number of hydrogen-bond acceptors (Lipinski definition) is 3. The van der Waals surface area contributed by atoms with Crippen LogP contribution < -0.4 is 5.32 Å². The standard InChI is InChI=1S/C12H7ClFN3/c13-8-1-4-11(14)12(5-8)17-10-3-2-9(6-15)16-7-10/h1-5,7,17H. The molecule has 0 bridgehead atoms. The van der Waals surface area contributed by atoms with Crippen molar-refractivity contribution in [1.29, 1.82) is 5.26 Å². The summed E-state index contributed by atoms with van der Waals surface area (Å²) < 4.78 is 13.4. The molecule has 0 spiro atoms. The van der Waals surface area contributed by atoms with Gasteiger partial charge in [-0.05, 0) is 30.3 Å². The van der Waals surface area contributed by atoms with E-state index < -0.39 is 5.82 Å². The van der Waals surface area contributed by atoms with Crippen LogP contribution in [-0.4, -0.2) is 4.98 Å². The molecule has 0 fully saturated rings. The summed E-state index contributed by atoms with van der Waals surface area (Å²) in [6.45, 7) is 0. The van der Waals surface area contributed by atoms with Gasteiger partial charge in [0.1, 0.15) is 17.6 Å². The highest BCUT2D eigenvalue weighted by atomic mass is 35.5. The molecule has 1 aromatic heterocycles. The van der Waals surface area contributed by atoms with Crippen LogP contribution in [0.15, 0.2) is 36.5 Å². The lowest BCUT2D eigenvalue weighted by atomic mass is 10.3. The Labute approximate surface area is 102 Å². The van der Waals surface area contributed by atoms with Crippen molar-refractivity contribution < 1.29 is 4.39 Å². The molecular weight excluding hydrogens is 241 g/mol. The number of pyridine rings is 1. The molecule has 2 aromatic rings. The molecule has 17 heavy (non-hydrogen) atoms. The van der Waals surface area contributed by atoms with Crippen molar-refractivity contribution in [3.63, 3.8) is 0 Å². The normalized spacial score (nSPS) is 9.71. The number of nitrogens with zero attached hydrogens (tertiary/aromatic N) is 2. The van der Waals surface area contributed by atoms with E-state index in [0.717, 1.165) is 0 Å². The smallest absolute Gasteiger partial charge is 0.146 e. The Morgan fingerprint density at radius 3 is 2.76 bits per heavy atom. The topological polar surface area (TPSA) is 48.7 Å². The number of anilines is 2. The van der Waals surface area contributed by atoms with Crippen LogP contribution >= 0.6 is 11.6 Å². The Kier molecular flexibility index (Phi) is 3.22. The zero-order chi connectivity index (χ0) is 12.3. The monoisotopic (exact) mass is 247 g/mol. The van der Waals surface area contributed by atoms with Gasteiger partial charge in [0, 0.05) is 5.02 Å². The van der Waals surface area contributed by atoms with E-state index in [0.29, 0.717) is 16.4 Å². The Morgan fingerprint density at radius 1 is 1.29 bits per heavy atom. The average Bonchev–Trinajstić information content (AvgIpc) is 2.35. The summed E-state index contributed by atoms with van der Waals surface area (Å²) in [6.07, 6.45) is 1.46. The molecule has 0 radical (unpaired) electrons. The number of hydrogen-bond donors (Lipinski definition) is 1. The maximum absolute atomic E-state index is 13.4. The van der Waals surface area contributed by atoms with Gasteiger partial charge in [0.05, 0.1) is 17.6 Å². The fraction of sp³-hybridized carbons (Fsp3) is 0. The molecule has 0 amide bonds. The maximum Gasteiger partial charge on any atom is 0.146 e. The molecule has 0 unspecified atom stereocenters. The van der Waals surface area contributed by atoms with Crippen LogP contribution in [0.5, 0.6) is 0 Å². The summed E-state index contributed by atoms with van der Waals surface area (Å²) in [5.41, 5.74) is 1.16. The Balaban J connectivity index is 2.25. The number of nitriles is 1. The summed E-state index contributed by atoms with van der Waals surface area (Å²) in [5.74, 6) is -0.404. The molecule has 1 N–H and O–H groups in total. The molecule has 1 aromatic carbocycles. The second-order valence-electron chi connectivity index (χ2n) is 3.29. The third-order valence-electron chi connectivity index (χ3n) is 2.09. The Bertz CT molecular complexity index is 575. The SMILES string of the molecule is N#Cc1ccc(Nc2cc(Cl)ccc2F)cn1. The second kappa shape index (κ2) is 4.81. The van der Waals surface area contributed by atoms with E-state index in [4.69, 9.17) is 16.9 Å². The van der Waals surface area contributed by atoms with E-state index in [1.165, 1.54) is 24.4 Å². The lowest BCUT2D eigenvalue weighted by Crippen LogP contribution is -1.94. The van der Waals surface area contributed by atoms with Crippen molar-refractivity contribution in [1.82, 2.24) is 4.98 Å².